The summed E-state index contributed by atoms with van der Waals surface area (Å²) in [6, 6.07) is 75.0. The van der Waals surface area contributed by atoms with E-state index in [4.69, 9.17) is 0 Å². The molecule has 0 unspecified atom stereocenters. The molecule has 0 fully saturated rings. The van der Waals surface area contributed by atoms with E-state index in [9.17, 15) is 0 Å². The van der Waals surface area contributed by atoms with Crippen LogP contribution in [0.4, 0.5) is 34.1 Å². The second-order valence-corrected chi connectivity index (χ2v) is 14.9. The highest BCUT2D eigenvalue weighted by atomic mass is 15.2. The van der Waals surface area contributed by atoms with E-state index < -0.39 is 0 Å². The molecule has 55 heavy (non-hydrogen) atoms. The molecule has 10 rings (SSSR count). The van der Waals surface area contributed by atoms with Gasteiger partial charge in [-0.15, -0.1) is 0 Å². The van der Waals surface area contributed by atoms with Crippen molar-refractivity contribution in [1.29, 1.82) is 0 Å². The molecule has 0 bridgehead atoms. The van der Waals surface area contributed by atoms with Gasteiger partial charge in [0.05, 0.1) is 17.1 Å². The van der Waals surface area contributed by atoms with Gasteiger partial charge in [-0.3, -0.25) is 0 Å². The van der Waals surface area contributed by atoms with Crippen LogP contribution in [0.1, 0.15) is 25.0 Å². The highest BCUT2D eigenvalue weighted by molar-refractivity contribution is 6.13. The van der Waals surface area contributed by atoms with Gasteiger partial charge < -0.3 is 9.80 Å². The van der Waals surface area contributed by atoms with Crippen molar-refractivity contribution in [3.05, 3.63) is 217 Å². The minimum atomic E-state index is -0.0972. The second-order valence-electron chi connectivity index (χ2n) is 14.9. The zero-order valence-corrected chi connectivity index (χ0v) is 31.0. The topological polar surface area (TPSA) is 6.48 Å². The Balaban J connectivity index is 1.19. The van der Waals surface area contributed by atoms with Crippen molar-refractivity contribution in [3.63, 3.8) is 0 Å². The van der Waals surface area contributed by atoms with E-state index in [1.54, 1.807) is 0 Å². The Morgan fingerprint density at radius 3 is 1.25 bits per heavy atom. The minimum absolute atomic E-state index is 0.0972. The summed E-state index contributed by atoms with van der Waals surface area (Å²) in [6.07, 6.45) is 0. The van der Waals surface area contributed by atoms with Crippen molar-refractivity contribution in [2.75, 3.05) is 9.80 Å². The average molecular weight is 705 g/mol. The van der Waals surface area contributed by atoms with Gasteiger partial charge >= 0.3 is 0 Å². The van der Waals surface area contributed by atoms with Crippen LogP contribution in [-0.2, 0) is 5.41 Å². The van der Waals surface area contributed by atoms with Gasteiger partial charge in [-0.1, -0.05) is 166 Å². The number of benzene rings is 9. The molecular formula is C53H40N2. The van der Waals surface area contributed by atoms with E-state index in [1.807, 2.05) is 0 Å². The fourth-order valence-electron chi connectivity index (χ4n) is 8.91. The molecule has 0 aliphatic heterocycles. The lowest BCUT2D eigenvalue weighted by Crippen LogP contribution is -2.16. The molecule has 0 amide bonds. The summed E-state index contributed by atoms with van der Waals surface area (Å²) in [5.74, 6) is 0. The first kappa shape index (κ1) is 32.7. The van der Waals surface area contributed by atoms with Gasteiger partial charge in [0.1, 0.15) is 0 Å². The van der Waals surface area contributed by atoms with Crippen LogP contribution in [0.3, 0.4) is 0 Å². The monoisotopic (exact) mass is 704 g/mol. The maximum atomic E-state index is 2.47. The van der Waals surface area contributed by atoms with Crippen LogP contribution in [0.2, 0.25) is 0 Å². The Labute approximate surface area is 323 Å². The molecule has 1 aliphatic carbocycles. The molecule has 0 saturated heterocycles. The van der Waals surface area contributed by atoms with Gasteiger partial charge in [-0.05, 0) is 93.2 Å². The molecular weight excluding hydrogens is 665 g/mol. The van der Waals surface area contributed by atoms with Crippen molar-refractivity contribution in [3.8, 4) is 22.3 Å². The van der Waals surface area contributed by atoms with Crippen molar-refractivity contribution < 1.29 is 0 Å². The number of hydrogen-bond donors (Lipinski definition) is 0. The lowest BCUT2D eigenvalue weighted by molar-refractivity contribution is 0.660. The summed E-state index contributed by atoms with van der Waals surface area (Å²) in [5.41, 5.74) is 14.6. The van der Waals surface area contributed by atoms with E-state index in [2.05, 4.69) is 230 Å². The molecule has 0 radical (unpaired) electrons. The van der Waals surface area contributed by atoms with E-state index in [0.717, 1.165) is 28.4 Å². The van der Waals surface area contributed by atoms with Crippen LogP contribution in [0, 0.1) is 0 Å². The van der Waals surface area contributed by atoms with Crippen LogP contribution in [-0.4, -0.2) is 0 Å². The first-order valence-electron chi connectivity index (χ1n) is 19.1. The molecule has 2 heteroatoms. The zero-order valence-electron chi connectivity index (χ0n) is 31.0. The van der Waals surface area contributed by atoms with Gasteiger partial charge in [0, 0.05) is 38.8 Å². The third-order valence-corrected chi connectivity index (χ3v) is 11.4. The second kappa shape index (κ2) is 13.2. The third-order valence-electron chi connectivity index (χ3n) is 11.4. The Hall–Kier alpha value is -6.90. The highest BCUT2D eigenvalue weighted by Crippen LogP contribution is 2.55. The van der Waals surface area contributed by atoms with Crippen LogP contribution >= 0.6 is 0 Å². The first-order valence-corrected chi connectivity index (χ1v) is 19.1. The molecule has 9 aromatic carbocycles. The third kappa shape index (κ3) is 5.33. The average Bonchev–Trinajstić information content (AvgIpc) is 3.49. The van der Waals surface area contributed by atoms with Gasteiger partial charge in [0.15, 0.2) is 0 Å². The SMILES string of the molecule is CC1(C)c2ccccc2-c2c(N(c3ccccc3)c3ccc(-c4ccc(N(c5ccccc5)c5ccccc5)c5ccccc45)c4ccccc34)cccc21. The van der Waals surface area contributed by atoms with Crippen LogP contribution in [0.25, 0.3) is 43.8 Å². The normalized spacial score (nSPS) is 12.7. The lowest BCUT2D eigenvalue weighted by Gasteiger charge is -2.30. The molecule has 0 atom stereocenters. The van der Waals surface area contributed by atoms with Crippen molar-refractivity contribution in [2.24, 2.45) is 0 Å². The Morgan fingerprint density at radius 1 is 0.291 bits per heavy atom. The molecule has 1 aliphatic rings. The number of hydrogen-bond acceptors (Lipinski definition) is 2. The number of fused-ring (bicyclic) bond motifs is 5. The summed E-state index contributed by atoms with van der Waals surface area (Å²) in [7, 11) is 0. The fourth-order valence-corrected chi connectivity index (χ4v) is 8.91. The Morgan fingerprint density at radius 2 is 0.709 bits per heavy atom. The van der Waals surface area contributed by atoms with Gasteiger partial charge in [0.25, 0.3) is 0 Å². The Bertz CT molecular complexity index is 2800. The van der Waals surface area contributed by atoms with E-state index in [0.29, 0.717) is 0 Å². The molecule has 0 N–H and O–H groups in total. The summed E-state index contributed by atoms with van der Waals surface area (Å²) in [6.45, 7) is 4.71. The van der Waals surface area contributed by atoms with Gasteiger partial charge in [0.2, 0.25) is 0 Å². The lowest BCUT2D eigenvalue weighted by atomic mass is 9.82. The maximum Gasteiger partial charge on any atom is 0.0543 e. The number of rotatable bonds is 7. The minimum Gasteiger partial charge on any atom is -0.310 e. The van der Waals surface area contributed by atoms with Crippen molar-refractivity contribution >= 4 is 55.7 Å². The van der Waals surface area contributed by atoms with Crippen LogP contribution in [0.15, 0.2) is 206 Å². The highest BCUT2D eigenvalue weighted by Gasteiger charge is 2.37. The fraction of sp³-hybridized carbons (Fsp3) is 0.0566. The quantitative estimate of drug-likeness (QED) is 0.163. The molecule has 9 aromatic rings. The predicted octanol–water partition coefficient (Wildman–Crippen LogP) is 14.9. The maximum absolute atomic E-state index is 2.47. The molecule has 2 nitrogen and oxygen atoms in total. The summed E-state index contributed by atoms with van der Waals surface area (Å²) >= 11 is 0. The summed E-state index contributed by atoms with van der Waals surface area (Å²) in [4.78, 5) is 4.84. The number of para-hydroxylation sites is 3. The standard InChI is InChI=1S/C53H40N2/c1-53(2)47-30-17-16-29-46(47)52-48(53)31-18-32-51(52)55(39-23-10-5-11-24-39)50-36-34-43(41-26-13-15-28-45(41)50)42-33-35-49(44-27-14-12-25-40(42)44)54(37-19-6-3-7-20-37)38-21-8-4-9-22-38/h3-36H,1-2H3. The summed E-state index contributed by atoms with van der Waals surface area (Å²) in [5, 5.41) is 4.84. The van der Waals surface area contributed by atoms with Crippen LogP contribution in [0.5, 0.6) is 0 Å². The summed E-state index contributed by atoms with van der Waals surface area (Å²) < 4.78 is 0. The molecule has 0 spiro atoms. The van der Waals surface area contributed by atoms with Gasteiger partial charge in [-0.25, -0.2) is 0 Å². The smallest absolute Gasteiger partial charge is 0.0543 e. The van der Waals surface area contributed by atoms with Crippen LogP contribution < -0.4 is 9.80 Å². The zero-order chi connectivity index (χ0) is 36.9. The van der Waals surface area contributed by atoms with E-state index in [1.165, 1.54) is 60.6 Å². The first-order chi connectivity index (χ1) is 27.1. The molecule has 262 valence electrons. The number of anilines is 6. The van der Waals surface area contributed by atoms with E-state index >= 15 is 0 Å². The largest absolute Gasteiger partial charge is 0.310 e. The molecule has 0 saturated carbocycles. The molecule has 0 heterocycles. The van der Waals surface area contributed by atoms with E-state index in [-0.39, 0.29) is 5.41 Å². The molecule has 0 aromatic heterocycles. The number of nitrogens with zero attached hydrogens (tertiary/aromatic N) is 2. The van der Waals surface area contributed by atoms with Crippen molar-refractivity contribution in [2.45, 2.75) is 19.3 Å². The Kier molecular flexibility index (Phi) is 7.85. The van der Waals surface area contributed by atoms with Gasteiger partial charge in [-0.2, -0.15) is 0 Å². The van der Waals surface area contributed by atoms with Crippen molar-refractivity contribution in [1.82, 2.24) is 0 Å². The predicted molar refractivity (Wildman–Crippen MR) is 234 cm³/mol.